The van der Waals surface area contributed by atoms with Crippen LogP contribution in [0.15, 0.2) is 58.3 Å². The third-order valence-electron chi connectivity index (χ3n) is 6.37. The summed E-state index contributed by atoms with van der Waals surface area (Å²) < 4.78 is 26.2. The minimum atomic E-state index is -3.50. The summed E-state index contributed by atoms with van der Waals surface area (Å²) in [7, 11) is 0.894. The molecule has 0 radical (unpaired) electrons. The average molecular weight is 505 g/mol. The Bertz CT molecular complexity index is 833. The number of rotatable bonds is 16. The van der Waals surface area contributed by atoms with E-state index in [2.05, 4.69) is 37.7 Å². The van der Waals surface area contributed by atoms with E-state index < -0.39 is 9.84 Å². The van der Waals surface area contributed by atoms with Crippen molar-refractivity contribution in [2.75, 3.05) is 37.0 Å². The van der Waals surface area contributed by atoms with E-state index in [1.165, 1.54) is 49.9 Å². The molecule has 2 aromatic rings. The molecule has 0 bridgehead atoms. The van der Waals surface area contributed by atoms with E-state index in [0.717, 1.165) is 24.5 Å². The molecule has 33 heavy (non-hydrogen) atoms. The van der Waals surface area contributed by atoms with Gasteiger partial charge in [-0.2, -0.15) is 0 Å². The Balaban J connectivity index is 1.94. The smallest absolute Gasteiger partial charge is 0.206 e. The lowest BCUT2D eigenvalue weighted by Gasteiger charge is -2.20. The lowest BCUT2D eigenvalue weighted by molar-refractivity contribution is 0.596. The normalized spacial score (nSPS) is 12.2. The second-order valence-electron chi connectivity index (χ2n) is 9.16. The molecule has 0 aromatic heterocycles. The van der Waals surface area contributed by atoms with Gasteiger partial charge in [0.1, 0.15) is 0 Å². The van der Waals surface area contributed by atoms with E-state index in [9.17, 15) is 8.42 Å². The zero-order valence-corrected chi connectivity index (χ0v) is 24.9. The van der Waals surface area contributed by atoms with Gasteiger partial charge in [-0.05, 0) is 61.4 Å². The van der Waals surface area contributed by atoms with Gasteiger partial charge in [-0.25, -0.2) is 8.42 Å². The summed E-state index contributed by atoms with van der Waals surface area (Å²) >= 11 is 0. The second kappa shape index (κ2) is 14.6. The molecule has 0 saturated carbocycles. The van der Waals surface area contributed by atoms with E-state index in [0.29, 0.717) is 9.79 Å². The van der Waals surface area contributed by atoms with Crippen molar-refractivity contribution in [3.8, 4) is 0 Å². The molecule has 0 aliphatic rings. The zero-order chi connectivity index (χ0) is 24.1. The molecule has 0 N–H and O–H groups in total. The first-order valence-corrected chi connectivity index (χ1v) is 18.3. The highest BCUT2D eigenvalue weighted by atomic mass is 32.2. The largest absolute Gasteiger partial charge is 0.375 e. The standard InChI is InChI=1S/C26H44N2O2SSi2/c1-5-19-32-21-7-17-27(3)23-9-13-25(14-10-23)31(29,30)26-15-11-24(12-16-26)28(4)18-8-22-33-20-6-2/h9-16H,5-8,17-22,32-33H2,1-4H3. The van der Waals surface area contributed by atoms with Crippen LogP contribution in [-0.4, -0.2) is 54.6 Å². The van der Waals surface area contributed by atoms with Gasteiger partial charge in [0, 0.05) is 57.6 Å². The van der Waals surface area contributed by atoms with Crippen LogP contribution in [0.1, 0.15) is 39.5 Å². The Morgan fingerprint density at radius 1 is 0.636 bits per heavy atom. The average Bonchev–Trinajstić information content (AvgIpc) is 2.83. The van der Waals surface area contributed by atoms with E-state index in [-0.39, 0.29) is 19.0 Å². The third-order valence-corrected chi connectivity index (χ3v) is 12.6. The second-order valence-corrected chi connectivity index (χ2v) is 15.4. The van der Waals surface area contributed by atoms with Crippen molar-refractivity contribution < 1.29 is 8.42 Å². The summed E-state index contributed by atoms with van der Waals surface area (Å²) in [6, 6.07) is 20.3. The van der Waals surface area contributed by atoms with Crippen LogP contribution in [0.2, 0.25) is 24.2 Å². The number of hydrogen-bond donors (Lipinski definition) is 0. The van der Waals surface area contributed by atoms with Crippen LogP contribution in [0.4, 0.5) is 11.4 Å². The fourth-order valence-electron chi connectivity index (χ4n) is 4.06. The minimum Gasteiger partial charge on any atom is -0.375 e. The highest BCUT2D eigenvalue weighted by Gasteiger charge is 2.18. The van der Waals surface area contributed by atoms with Crippen LogP contribution in [0.5, 0.6) is 0 Å². The Hall–Kier alpha value is -1.58. The summed E-state index contributed by atoms with van der Waals surface area (Å²) in [5, 5.41) is 0. The first-order chi connectivity index (χ1) is 15.9. The molecule has 0 heterocycles. The summed E-state index contributed by atoms with van der Waals surface area (Å²) in [6.07, 6.45) is 5.09. The highest BCUT2D eigenvalue weighted by molar-refractivity contribution is 7.91. The molecule has 2 rings (SSSR count). The van der Waals surface area contributed by atoms with Crippen LogP contribution in [0.3, 0.4) is 0 Å². The van der Waals surface area contributed by atoms with Gasteiger partial charge in [-0.3, -0.25) is 0 Å². The van der Waals surface area contributed by atoms with Gasteiger partial charge < -0.3 is 9.80 Å². The SMILES string of the molecule is CCC[SiH2]CCCN(C)c1ccc(S(=O)(=O)c2ccc(N(C)CCC[SiH2]CCC)cc2)cc1. The lowest BCUT2D eigenvalue weighted by atomic mass is 10.3. The molecular weight excluding hydrogens is 461 g/mol. The fourth-order valence-corrected chi connectivity index (χ4v) is 8.18. The molecule has 0 fully saturated rings. The number of hydrogen-bond acceptors (Lipinski definition) is 4. The monoisotopic (exact) mass is 504 g/mol. The van der Waals surface area contributed by atoms with Crippen molar-refractivity contribution in [3.05, 3.63) is 48.5 Å². The van der Waals surface area contributed by atoms with Crippen LogP contribution in [-0.2, 0) is 9.84 Å². The number of nitrogens with zero attached hydrogens (tertiary/aromatic N) is 2. The maximum atomic E-state index is 13.1. The third kappa shape index (κ3) is 8.94. The molecule has 4 nitrogen and oxygen atoms in total. The van der Waals surface area contributed by atoms with E-state index in [1.54, 1.807) is 24.3 Å². The highest BCUT2D eigenvalue weighted by Crippen LogP contribution is 2.25. The van der Waals surface area contributed by atoms with Gasteiger partial charge in [0.2, 0.25) is 9.84 Å². The number of anilines is 2. The first-order valence-electron chi connectivity index (χ1n) is 12.8. The Labute approximate surface area is 207 Å². The Morgan fingerprint density at radius 3 is 1.33 bits per heavy atom. The van der Waals surface area contributed by atoms with Gasteiger partial charge in [-0.1, -0.05) is 50.9 Å². The molecular formula is C26H44N2O2SSi2. The van der Waals surface area contributed by atoms with Crippen molar-refractivity contribution in [2.24, 2.45) is 0 Å². The Morgan fingerprint density at radius 2 is 1.00 bits per heavy atom. The molecule has 0 spiro atoms. The fraction of sp³-hybridized carbons (Fsp3) is 0.538. The van der Waals surface area contributed by atoms with Crippen LogP contribution in [0.25, 0.3) is 0 Å². The summed E-state index contributed by atoms with van der Waals surface area (Å²) in [5.74, 6) is 0. The van der Waals surface area contributed by atoms with Crippen molar-refractivity contribution in [3.63, 3.8) is 0 Å². The lowest BCUT2D eigenvalue weighted by Crippen LogP contribution is -2.19. The molecule has 0 aliphatic heterocycles. The van der Waals surface area contributed by atoms with Gasteiger partial charge in [0.15, 0.2) is 0 Å². The molecule has 0 amide bonds. The summed E-state index contributed by atoms with van der Waals surface area (Å²) in [6.45, 7) is 6.58. The quantitative estimate of drug-likeness (QED) is 0.238. The zero-order valence-electron chi connectivity index (χ0n) is 21.2. The molecule has 184 valence electrons. The van der Waals surface area contributed by atoms with E-state index >= 15 is 0 Å². The van der Waals surface area contributed by atoms with Crippen LogP contribution < -0.4 is 9.80 Å². The number of sulfone groups is 1. The maximum absolute atomic E-state index is 13.1. The van der Waals surface area contributed by atoms with Crippen molar-refractivity contribution >= 4 is 40.3 Å². The minimum absolute atomic E-state index is 0.110. The van der Waals surface area contributed by atoms with Gasteiger partial charge in [0.25, 0.3) is 0 Å². The van der Waals surface area contributed by atoms with Crippen LogP contribution >= 0.6 is 0 Å². The molecule has 2 aromatic carbocycles. The Kier molecular flexibility index (Phi) is 12.3. The number of benzene rings is 2. The van der Waals surface area contributed by atoms with Gasteiger partial charge >= 0.3 is 0 Å². The van der Waals surface area contributed by atoms with Crippen LogP contribution in [0, 0.1) is 0 Å². The van der Waals surface area contributed by atoms with Gasteiger partial charge in [-0.15, -0.1) is 0 Å². The topological polar surface area (TPSA) is 40.6 Å². The van der Waals surface area contributed by atoms with E-state index in [4.69, 9.17) is 0 Å². The van der Waals surface area contributed by atoms with E-state index in [1.807, 2.05) is 24.3 Å². The van der Waals surface area contributed by atoms with Crippen molar-refractivity contribution in [1.29, 1.82) is 0 Å². The predicted molar refractivity (Wildman–Crippen MR) is 151 cm³/mol. The predicted octanol–water partition coefficient (Wildman–Crippen LogP) is 5.00. The first kappa shape index (κ1) is 27.7. The van der Waals surface area contributed by atoms with Gasteiger partial charge in [0.05, 0.1) is 9.79 Å². The molecule has 0 unspecified atom stereocenters. The molecule has 7 heteroatoms. The maximum Gasteiger partial charge on any atom is 0.206 e. The molecule has 0 saturated heterocycles. The molecule has 0 aliphatic carbocycles. The van der Waals surface area contributed by atoms with Crippen molar-refractivity contribution in [2.45, 2.75) is 73.5 Å². The summed E-state index contributed by atoms with van der Waals surface area (Å²) in [4.78, 5) is 5.17. The summed E-state index contributed by atoms with van der Waals surface area (Å²) in [5.41, 5.74) is 2.15. The van der Waals surface area contributed by atoms with Crippen molar-refractivity contribution in [1.82, 2.24) is 0 Å². The molecule has 0 atom stereocenters.